The summed E-state index contributed by atoms with van der Waals surface area (Å²) < 4.78 is 0. The summed E-state index contributed by atoms with van der Waals surface area (Å²) in [5, 5.41) is 5.37. The lowest BCUT2D eigenvalue weighted by atomic mass is 10.3. The number of amides is 3. The van der Waals surface area contributed by atoms with Crippen LogP contribution < -0.4 is 10.6 Å². The highest BCUT2D eigenvalue weighted by molar-refractivity contribution is 8.00. The van der Waals surface area contributed by atoms with Crippen molar-refractivity contribution in [2.24, 2.45) is 0 Å². The second-order valence-corrected chi connectivity index (χ2v) is 5.56. The van der Waals surface area contributed by atoms with Gasteiger partial charge in [0.1, 0.15) is 0 Å². The van der Waals surface area contributed by atoms with E-state index in [9.17, 15) is 14.4 Å². The number of hydrogen-bond acceptors (Lipinski definition) is 5. The molecule has 2 N–H and O–H groups in total. The Bertz CT molecular complexity index is 359. The molecule has 1 saturated heterocycles. The topological polar surface area (TPSA) is 78.5 Å². The van der Waals surface area contributed by atoms with Gasteiger partial charge in [0.15, 0.2) is 0 Å². The number of imide groups is 1. The summed E-state index contributed by atoms with van der Waals surface area (Å²) >= 11 is 1.49. The molecule has 3 amide bonds. The van der Waals surface area contributed by atoms with Gasteiger partial charge in [-0.2, -0.15) is 0 Å². The van der Waals surface area contributed by atoms with Crippen molar-refractivity contribution < 1.29 is 17.2 Å². The van der Waals surface area contributed by atoms with E-state index in [1.165, 1.54) is 16.7 Å². The molecule has 0 aromatic rings. The lowest BCUT2D eigenvalue weighted by Gasteiger charge is -2.14. The Hall–Kier alpha value is -1.08. The molecule has 1 rings (SSSR count). The minimum absolute atomic E-state index is 0. The van der Waals surface area contributed by atoms with Crippen molar-refractivity contribution in [3.63, 3.8) is 0 Å². The summed E-state index contributed by atoms with van der Waals surface area (Å²) in [4.78, 5) is 36.3. The molecule has 0 spiro atoms. The van der Waals surface area contributed by atoms with E-state index in [4.69, 9.17) is 0 Å². The van der Waals surface area contributed by atoms with Crippen LogP contribution in [-0.4, -0.2) is 60.3 Å². The Kier molecular flexibility index (Phi) is 6.86. The molecule has 1 unspecified atom stereocenters. The third kappa shape index (κ3) is 4.83. The van der Waals surface area contributed by atoms with E-state index >= 15 is 0 Å². The van der Waals surface area contributed by atoms with Gasteiger partial charge in [-0.05, 0) is 14.0 Å². The number of nitrogens with zero attached hydrogens (tertiary/aromatic N) is 1. The molecule has 1 atom stereocenters. The van der Waals surface area contributed by atoms with E-state index in [1.807, 2.05) is 14.0 Å². The predicted octanol–water partition coefficient (Wildman–Crippen LogP) is 0.0847. The standard InChI is InChI=1S/C12H21N3O3S.2H2/c1-3-14-10(16)4-6-15-11(17)8-9(12(15)18)19-7-5-13-2;;/h9,13H,3-8H2,1-2H3,(H,14,16);2*1H. The highest BCUT2D eigenvalue weighted by atomic mass is 32.2. The summed E-state index contributed by atoms with van der Waals surface area (Å²) in [5.74, 6) is 0.339. The second kappa shape index (κ2) is 8.16. The van der Waals surface area contributed by atoms with Crippen LogP contribution in [0.1, 0.15) is 22.6 Å². The van der Waals surface area contributed by atoms with Gasteiger partial charge in [0.2, 0.25) is 17.7 Å². The average Bonchev–Trinajstić information content (AvgIpc) is 2.63. The van der Waals surface area contributed by atoms with Crippen LogP contribution >= 0.6 is 11.8 Å². The van der Waals surface area contributed by atoms with Crippen molar-refractivity contribution in [2.75, 3.05) is 32.4 Å². The third-order valence-electron chi connectivity index (χ3n) is 2.81. The van der Waals surface area contributed by atoms with E-state index in [2.05, 4.69) is 10.6 Å². The molecular weight excluding hydrogens is 266 g/mol. The molecule has 0 aromatic carbocycles. The maximum Gasteiger partial charge on any atom is 0.242 e. The molecule has 0 aromatic heterocycles. The summed E-state index contributed by atoms with van der Waals surface area (Å²) in [6, 6.07) is 0. The number of rotatable bonds is 8. The maximum absolute atomic E-state index is 12.0. The smallest absolute Gasteiger partial charge is 0.242 e. The van der Waals surface area contributed by atoms with Gasteiger partial charge >= 0.3 is 0 Å². The van der Waals surface area contributed by atoms with Crippen LogP contribution in [0.3, 0.4) is 0 Å². The highest BCUT2D eigenvalue weighted by Gasteiger charge is 2.38. The van der Waals surface area contributed by atoms with Gasteiger partial charge in [-0.3, -0.25) is 19.3 Å². The Morgan fingerprint density at radius 2 is 2.26 bits per heavy atom. The molecule has 0 radical (unpaired) electrons. The quantitative estimate of drug-likeness (QED) is 0.489. The van der Waals surface area contributed by atoms with Crippen LogP contribution in [-0.2, 0) is 14.4 Å². The SMILES string of the molecule is CCNC(=O)CCN1C(=O)CC(SCCNC)C1=O.[HH].[HH]. The normalized spacial score (nSPS) is 19.1. The lowest BCUT2D eigenvalue weighted by molar-refractivity contribution is -0.138. The van der Waals surface area contributed by atoms with Crippen molar-refractivity contribution in [1.29, 1.82) is 0 Å². The average molecular weight is 291 g/mol. The number of carbonyl (C=O) groups is 3. The highest BCUT2D eigenvalue weighted by Crippen LogP contribution is 2.24. The first-order chi connectivity index (χ1) is 9.10. The van der Waals surface area contributed by atoms with Crippen molar-refractivity contribution in [1.82, 2.24) is 15.5 Å². The summed E-state index contributed by atoms with van der Waals surface area (Å²) in [6.45, 7) is 3.38. The van der Waals surface area contributed by atoms with E-state index in [0.29, 0.717) is 6.54 Å². The number of hydrogen-bond donors (Lipinski definition) is 2. The van der Waals surface area contributed by atoms with E-state index in [-0.39, 0.29) is 45.2 Å². The molecule has 112 valence electrons. The van der Waals surface area contributed by atoms with Crippen LogP contribution in [0, 0.1) is 0 Å². The zero-order valence-electron chi connectivity index (χ0n) is 11.4. The fourth-order valence-electron chi connectivity index (χ4n) is 1.82. The van der Waals surface area contributed by atoms with Gasteiger partial charge in [0.25, 0.3) is 0 Å². The number of nitrogens with one attached hydrogen (secondary N) is 2. The molecule has 1 aliphatic rings. The van der Waals surface area contributed by atoms with Gasteiger partial charge in [0.05, 0.1) is 5.25 Å². The Morgan fingerprint density at radius 1 is 1.53 bits per heavy atom. The van der Waals surface area contributed by atoms with E-state index < -0.39 is 0 Å². The molecule has 19 heavy (non-hydrogen) atoms. The molecule has 0 aliphatic carbocycles. The monoisotopic (exact) mass is 291 g/mol. The first-order valence-electron chi connectivity index (χ1n) is 6.47. The fourth-order valence-corrected chi connectivity index (χ4v) is 2.96. The second-order valence-electron chi connectivity index (χ2n) is 4.25. The molecule has 1 heterocycles. The molecule has 0 saturated carbocycles. The van der Waals surface area contributed by atoms with Gasteiger partial charge in [0, 0.05) is 41.1 Å². The van der Waals surface area contributed by atoms with Crippen LogP contribution in [0.25, 0.3) is 0 Å². The predicted molar refractivity (Wildman–Crippen MR) is 79.0 cm³/mol. The number of thioether (sulfide) groups is 1. The van der Waals surface area contributed by atoms with Gasteiger partial charge in [-0.1, -0.05) is 0 Å². The zero-order valence-corrected chi connectivity index (χ0v) is 12.2. The van der Waals surface area contributed by atoms with Gasteiger partial charge < -0.3 is 10.6 Å². The first kappa shape index (κ1) is 16.0. The van der Waals surface area contributed by atoms with Crippen LogP contribution in [0.4, 0.5) is 0 Å². The number of likely N-dealkylation sites (tertiary alicyclic amines) is 1. The van der Waals surface area contributed by atoms with Crippen molar-refractivity contribution in [3.8, 4) is 0 Å². The van der Waals surface area contributed by atoms with Crippen molar-refractivity contribution in [2.45, 2.75) is 25.0 Å². The first-order valence-corrected chi connectivity index (χ1v) is 7.52. The van der Waals surface area contributed by atoms with Gasteiger partial charge in [-0.25, -0.2) is 0 Å². The van der Waals surface area contributed by atoms with Crippen molar-refractivity contribution in [3.05, 3.63) is 0 Å². The van der Waals surface area contributed by atoms with E-state index in [0.717, 1.165) is 12.3 Å². The summed E-state index contributed by atoms with van der Waals surface area (Å²) in [5.41, 5.74) is 0. The minimum Gasteiger partial charge on any atom is -0.356 e. The van der Waals surface area contributed by atoms with Crippen molar-refractivity contribution >= 4 is 29.5 Å². The largest absolute Gasteiger partial charge is 0.356 e. The molecule has 0 bridgehead atoms. The van der Waals surface area contributed by atoms with Gasteiger partial charge in [-0.15, -0.1) is 11.8 Å². The molecular formula is C12H25N3O3S. The number of carbonyl (C=O) groups excluding carboxylic acids is 3. The molecule has 7 heteroatoms. The van der Waals surface area contributed by atoms with Crippen LogP contribution in [0.5, 0.6) is 0 Å². The van der Waals surface area contributed by atoms with Crippen LogP contribution in [0.2, 0.25) is 0 Å². The Labute approximate surface area is 120 Å². The lowest BCUT2D eigenvalue weighted by Crippen LogP contribution is -2.35. The fraction of sp³-hybridized carbons (Fsp3) is 0.750. The Balaban J connectivity index is 0. The maximum atomic E-state index is 12.0. The Morgan fingerprint density at radius 3 is 2.89 bits per heavy atom. The minimum atomic E-state index is -0.282. The molecule has 1 aliphatic heterocycles. The summed E-state index contributed by atoms with van der Waals surface area (Å²) in [7, 11) is 1.85. The van der Waals surface area contributed by atoms with E-state index in [1.54, 1.807) is 0 Å². The molecule has 1 fully saturated rings. The third-order valence-corrected chi connectivity index (χ3v) is 4.02. The molecule has 6 nitrogen and oxygen atoms in total. The summed E-state index contributed by atoms with van der Waals surface area (Å²) in [6.07, 6.45) is 0.432. The zero-order chi connectivity index (χ0) is 14.3. The van der Waals surface area contributed by atoms with Crippen LogP contribution in [0.15, 0.2) is 0 Å².